The Kier molecular flexibility index (Phi) is 4.75. The topological polar surface area (TPSA) is 71.3 Å². The largest absolute Gasteiger partial charge is 0.348 e. The molecule has 0 aliphatic carbocycles. The Bertz CT molecular complexity index is 1060. The van der Waals surface area contributed by atoms with E-state index in [4.69, 9.17) is 25.8 Å². The predicted octanol–water partition coefficient (Wildman–Crippen LogP) is 3.83. The van der Waals surface area contributed by atoms with Crippen molar-refractivity contribution in [1.29, 1.82) is 0 Å². The summed E-state index contributed by atoms with van der Waals surface area (Å²) in [6.45, 7) is 3.76. The SMILES string of the molecule is CC1(C)O[C@H]2[C@@H](CSc3cccc(F)c3)OC(n3cnc4c(Cl)ncnc43)[C@@H]2O1. The van der Waals surface area contributed by atoms with Crippen LogP contribution in [-0.2, 0) is 14.2 Å². The fraction of sp³-hybridized carbons (Fsp3) is 0.421. The molecule has 2 saturated heterocycles. The lowest BCUT2D eigenvalue weighted by Crippen LogP contribution is -2.31. The van der Waals surface area contributed by atoms with Crippen molar-refractivity contribution in [1.82, 2.24) is 19.5 Å². The molecule has 10 heteroatoms. The van der Waals surface area contributed by atoms with E-state index in [1.807, 2.05) is 19.9 Å². The van der Waals surface area contributed by atoms with Gasteiger partial charge in [0.25, 0.3) is 0 Å². The predicted molar refractivity (Wildman–Crippen MR) is 105 cm³/mol. The van der Waals surface area contributed by atoms with Gasteiger partial charge in [-0.05, 0) is 32.0 Å². The Labute approximate surface area is 175 Å². The van der Waals surface area contributed by atoms with E-state index in [2.05, 4.69) is 15.0 Å². The lowest BCUT2D eigenvalue weighted by Gasteiger charge is -2.24. The van der Waals surface area contributed by atoms with Gasteiger partial charge in [0.15, 0.2) is 22.8 Å². The van der Waals surface area contributed by atoms with Crippen LogP contribution in [0.15, 0.2) is 41.8 Å². The molecule has 4 atom stereocenters. The smallest absolute Gasteiger partial charge is 0.167 e. The normalized spacial score (nSPS) is 28.1. The lowest BCUT2D eigenvalue weighted by atomic mass is 10.1. The molecule has 1 aromatic carbocycles. The number of rotatable bonds is 4. The second kappa shape index (κ2) is 7.17. The third kappa shape index (κ3) is 3.51. The first kappa shape index (κ1) is 19.2. The number of thioether (sulfide) groups is 1. The maximum Gasteiger partial charge on any atom is 0.167 e. The number of imidazole rings is 1. The number of nitrogens with zero attached hydrogens (tertiary/aromatic N) is 4. The molecule has 0 amide bonds. The molecule has 2 aromatic heterocycles. The summed E-state index contributed by atoms with van der Waals surface area (Å²) in [5, 5.41) is 0.283. The average Bonchev–Trinajstić information content (AvgIpc) is 3.32. The fourth-order valence-electron chi connectivity index (χ4n) is 3.76. The maximum atomic E-state index is 13.5. The molecule has 0 N–H and O–H groups in total. The van der Waals surface area contributed by atoms with Gasteiger partial charge in [-0.25, -0.2) is 19.3 Å². The van der Waals surface area contributed by atoms with Crippen LogP contribution in [0.1, 0.15) is 20.1 Å². The Hall–Kier alpha value is -1.78. The molecule has 29 heavy (non-hydrogen) atoms. The Morgan fingerprint density at radius 2 is 2.03 bits per heavy atom. The highest BCUT2D eigenvalue weighted by Gasteiger charge is 2.56. The van der Waals surface area contributed by atoms with Crippen LogP contribution < -0.4 is 0 Å². The van der Waals surface area contributed by atoms with E-state index >= 15 is 0 Å². The molecule has 2 fully saturated rings. The molecule has 0 spiro atoms. The van der Waals surface area contributed by atoms with Crippen molar-refractivity contribution in [2.24, 2.45) is 0 Å². The Morgan fingerprint density at radius 1 is 1.21 bits per heavy atom. The van der Waals surface area contributed by atoms with Gasteiger partial charge in [-0.15, -0.1) is 11.8 Å². The van der Waals surface area contributed by atoms with Crippen LogP contribution >= 0.6 is 23.4 Å². The summed E-state index contributed by atoms with van der Waals surface area (Å²) in [6, 6.07) is 6.50. The molecular weight excluding hydrogens is 419 g/mol. The fourth-order valence-corrected chi connectivity index (χ4v) is 4.93. The van der Waals surface area contributed by atoms with E-state index < -0.39 is 12.0 Å². The first-order valence-electron chi connectivity index (χ1n) is 9.14. The number of fused-ring (bicyclic) bond motifs is 2. The van der Waals surface area contributed by atoms with Crippen LogP contribution in [0.5, 0.6) is 0 Å². The van der Waals surface area contributed by atoms with Crippen LogP contribution in [0.2, 0.25) is 5.15 Å². The second-order valence-corrected chi connectivity index (χ2v) is 8.84. The van der Waals surface area contributed by atoms with Crippen LogP contribution in [0.4, 0.5) is 4.39 Å². The zero-order valence-electron chi connectivity index (χ0n) is 15.7. The summed E-state index contributed by atoms with van der Waals surface area (Å²) in [7, 11) is 0. The maximum absolute atomic E-state index is 13.5. The molecule has 2 aliphatic heterocycles. The third-order valence-electron chi connectivity index (χ3n) is 4.92. The van der Waals surface area contributed by atoms with Crippen LogP contribution in [0, 0.1) is 5.82 Å². The highest BCUT2D eigenvalue weighted by atomic mass is 35.5. The van der Waals surface area contributed by atoms with Crippen molar-refractivity contribution >= 4 is 34.5 Å². The molecule has 4 heterocycles. The summed E-state index contributed by atoms with van der Waals surface area (Å²) in [4.78, 5) is 13.4. The van der Waals surface area contributed by atoms with Gasteiger partial charge >= 0.3 is 0 Å². The molecule has 3 aromatic rings. The summed E-state index contributed by atoms with van der Waals surface area (Å²) < 4.78 is 33.9. The van der Waals surface area contributed by atoms with Gasteiger partial charge in [0, 0.05) is 10.6 Å². The monoisotopic (exact) mass is 436 g/mol. The van der Waals surface area contributed by atoms with Gasteiger partial charge in [-0.2, -0.15) is 0 Å². The van der Waals surface area contributed by atoms with Gasteiger partial charge in [-0.3, -0.25) is 4.57 Å². The molecule has 2 aliphatic rings. The Balaban J connectivity index is 1.43. The molecule has 0 bridgehead atoms. The number of hydrogen-bond acceptors (Lipinski definition) is 7. The van der Waals surface area contributed by atoms with E-state index in [0.29, 0.717) is 16.9 Å². The number of benzene rings is 1. The number of hydrogen-bond donors (Lipinski definition) is 0. The number of aromatic nitrogens is 4. The minimum atomic E-state index is -0.734. The van der Waals surface area contributed by atoms with E-state index in [1.165, 1.54) is 30.2 Å². The van der Waals surface area contributed by atoms with Gasteiger partial charge in [0.2, 0.25) is 0 Å². The van der Waals surface area contributed by atoms with Gasteiger partial charge in [0.1, 0.15) is 29.9 Å². The van der Waals surface area contributed by atoms with Crippen molar-refractivity contribution < 1.29 is 18.6 Å². The molecule has 7 nitrogen and oxygen atoms in total. The van der Waals surface area contributed by atoms with Crippen LogP contribution in [0.3, 0.4) is 0 Å². The summed E-state index contributed by atoms with van der Waals surface area (Å²) in [5.74, 6) is -0.411. The highest BCUT2D eigenvalue weighted by Crippen LogP contribution is 2.45. The van der Waals surface area contributed by atoms with Crippen molar-refractivity contribution in [3.05, 3.63) is 47.9 Å². The summed E-state index contributed by atoms with van der Waals surface area (Å²) >= 11 is 7.65. The van der Waals surface area contributed by atoms with E-state index in [1.54, 1.807) is 17.0 Å². The van der Waals surface area contributed by atoms with E-state index in [0.717, 1.165) is 4.90 Å². The average molecular weight is 437 g/mol. The first-order valence-corrected chi connectivity index (χ1v) is 10.5. The van der Waals surface area contributed by atoms with Crippen molar-refractivity contribution in [3.8, 4) is 0 Å². The van der Waals surface area contributed by atoms with Crippen molar-refractivity contribution in [2.75, 3.05) is 5.75 Å². The van der Waals surface area contributed by atoms with Crippen molar-refractivity contribution in [2.45, 2.75) is 49.1 Å². The van der Waals surface area contributed by atoms with Crippen LogP contribution in [-0.4, -0.2) is 49.4 Å². The van der Waals surface area contributed by atoms with Gasteiger partial charge < -0.3 is 14.2 Å². The second-order valence-electron chi connectivity index (χ2n) is 7.39. The quantitative estimate of drug-likeness (QED) is 0.454. The van der Waals surface area contributed by atoms with E-state index in [9.17, 15) is 4.39 Å². The summed E-state index contributed by atoms with van der Waals surface area (Å²) in [6.07, 6.45) is 1.68. The van der Waals surface area contributed by atoms with Crippen molar-refractivity contribution in [3.63, 3.8) is 0 Å². The molecule has 152 valence electrons. The minimum Gasteiger partial charge on any atom is -0.348 e. The van der Waals surface area contributed by atoms with Crippen LogP contribution in [0.25, 0.3) is 11.2 Å². The molecule has 1 unspecified atom stereocenters. The number of halogens is 2. The molecule has 5 rings (SSSR count). The number of ether oxygens (including phenoxy) is 3. The minimum absolute atomic E-state index is 0.255. The zero-order chi connectivity index (χ0) is 20.2. The van der Waals surface area contributed by atoms with Gasteiger partial charge in [-0.1, -0.05) is 17.7 Å². The molecular formula is C19H18ClFN4O3S. The lowest BCUT2D eigenvalue weighted by molar-refractivity contribution is -0.193. The van der Waals surface area contributed by atoms with E-state index in [-0.39, 0.29) is 29.3 Å². The zero-order valence-corrected chi connectivity index (χ0v) is 17.2. The Morgan fingerprint density at radius 3 is 2.86 bits per heavy atom. The highest BCUT2D eigenvalue weighted by molar-refractivity contribution is 7.99. The standard InChI is InChI=1S/C19H18ClFN4O3S/c1-19(2)27-14-12(7-29-11-5-3-4-10(21)6-11)26-18(15(14)28-19)25-9-24-13-16(20)22-8-23-17(13)25/h3-6,8-9,12,14-15,18H,7H2,1-2H3/t12-,14+,15-,18?/m1/s1. The first-order chi connectivity index (χ1) is 13.9. The summed E-state index contributed by atoms with van der Waals surface area (Å²) in [5.41, 5.74) is 1.07. The molecule has 0 radical (unpaired) electrons. The molecule has 0 saturated carbocycles. The third-order valence-corrected chi connectivity index (χ3v) is 6.28. The van der Waals surface area contributed by atoms with Gasteiger partial charge in [0.05, 0.1) is 12.4 Å².